The first-order valence-electron chi connectivity index (χ1n) is 9.79. The van der Waals surface area contributed by atoms with Gasteiger partial charge in [0.1, 0.15) is 0 Å². The summed E-state index contributed by atoms with van der Waals surface area (Å²) in [6.07, 6.45) is 1.47. The number of anilines is 1. The van der Waals surface area contributed by atoms with E-state index in [1.165, 1.54) is 6.26 Å². The van der Waals surface area contributed by atoms with Gasteiger partial charge in [-0.3, -0.25) is 9.59 Å². The van der Waals surface area contributed by atoms with Crippen LogP contribution in [0.15, 0.2) is 52.1 Å². The molecule has 3 rings (SSSR count). The molecule has 8 nitrogen and oxygen atoms in total. The highest BCUT2D eigenvalue weighted by Crippen LogP contribution is 2.13. The molecule has 0 saturated carbocycles. The van der Waals surface area contributed by atoms with E-state index in [1.807, 2.05) is 36.1 Å². The molecule has 2 heterocycles. The van der Waals surface area contributed by atoms with Crippen molar-refractivity contribution in [3.8, 4) is 0 Å². The molecule has 162 valence electrons. The monoisotopic (exact) mass is 525 g/mol. The molecule has 1 aromatic carbocycles. The fourth-order valence-corrected chi connectivity index (χ4v) is 3.12. The molecule has 1 aliphatic heterocycles. The second-order valence-corrected chi connectivity index (χ2v) is 6.79. The summed E-state index contributed by atoms with van der Waals surface area (Å²) in [5.74, 6) is 0.968. The number of amides is 2. The molecule has 1 aliphatic rings. The predicted octanol–water partition coefficient (Wildman–Crippen LogP) is 2.78. The lowest BCUT2D eigenvalue weighted by atomic mass is 10.2. The van der Waals surface area contributed by atoms with Gasteiger partial charge in [-0.25, -0.2) is 4.99 Å². The van der Waals surface area contributed by atoms with Gasteiger partial charge < -0.3 is 24.9 Å². The lowest BCUT2D eigenvalue weighted by Gasteiger charge is -2.36. The Hall–Kier alpha value is -2.56. The van der Waals surface area contributed by atoms with Crippen LogP contribution in [0, 0.1) is 0 Å². The third-order valence-electron chi connectivity index (χ3n) is 4.73. The summed E-state index contributed by atoms with van der Waals surface area (Å²) in [6.45, 7) is 7.92. The molecule has 2 amide bonds. The van der Waals surface area contributed by atoms with E-state index >= 15 is 0 Å². The average Bonchev–Trinajstić information content (AvgIpc) is 3.27. The number of benzene rings is 1. The Kier molecular flexibility index (Phi) is 9.15. The molecule has 1 saturated heterocycles. The second kappa shape index (κ2) is 11.6. The number of rotatable bonds is 5. The van der Waals surface area contributed by atoms with Gasteiger partial charge in [-0.2, -0.15) is 0 Å². The summed E-state index contributed by atoms with van der Waals surface area (Å²) < 4.78 is 5.09. The molecule has 9 heteroatoms. The highest BCUT2D eigenvalue weighted by molar-refractivity contribution is 14.0. The van der Waals surface area contributed by atoms with Gasteiger partial charge in [-0.15, -0.1) is 24.0 Å². The molecule has 1 aromatic heterocycles. The minimum Gasteiger partial charge on any atom is -0.459 e. The standard InChI is InChI=1S/C21H27N5O3.HI/c1-3-22-21(26-12-10-25(11-13-26)16(2)27)23-15-17-6-8-18(9-7-17)24-20(28)19-5-4-14-29-19;/h4-9,14H,3,10-13,15H2,1-2H3,(H,22,23)(H,24,28);1H. The number of aliphatic imine (C=N–C) groups is 1. The van der Waals surface area contributed by atoms with Crippen LogP contribution < -0.4 is 10.6 Å². The summed E-state index contributed by atoms with van der Waals surface area (Å²) in [5, 5.41) is 6.13. The second-order valence-electron chi connectivity index (χ2n) is 6.79. The molecule has 2 aromatic rings. The van der Waals surface area contributed by atoms with Crippen LogP contribution in [0.4, 0.5) is 5.69 Å². The van der Waals surface area contributed by atoms with Crippen LogP contribution in [0.1, 0.15) is 30.0 Å². The molecule has 2 N–H and O–H groups in total. The van der Waals surface area contributed by atoms with Crippen LogP contribution in [-0.2, 0) is 11.3 Å². The molecule has 30 heavy (non-hydrogen) atoms. The van der Waals surface area contributed by atoms with E-state index in [9.17, 15) is 9.59 Å². The van der Waals surface area contributed by atoms with Gasteiger partial charge in [0.2, 0.25) is 5.91 Å². The van der Waals surface area contributed by atoms with Crippen LogP contribution >= 0.6 is 24.0 Å². The number of piperazine rings is 1. The van der Waals surface area contributed by atoms with Gasteiger partial charge in [-0.1, -0.05) is 12.1 Å². The van der Waals surface area contributed by atoms with Crippen molar-refractivity contribution >= 4 is 47.4 Å². The summed E-state index contributed by atoms with van der Waals surface area (Å²) >= 11 is 0. The van der Waals surface area contributed by atoms with Crippen molar-refractivity contribution in [1.29, 1.82) is 0 Å². The summed E-state index contributed by atoms with van der Waals surface area (Å²) in [5.41, 5.74) is 1.74. The first kappa shape index (κ1) is 23.7. The minimum absolute atomic E-state index is 0. The quantitative estimate of drug-likeness (QED) is 0.356. The van der Waals surface area contributed by atoms with Crippen molar-refractivity contribution in [3.05, 3.63) is 54.0 Å². The molecule has 0 atom stereocenters. The minimum atomic E-state index is -0.278. The predicted molar refractivity (Wildman–Crippen MR) is 127 cm³/mol. The molecule has 0 aliphatic carbocycles. The van der Waals surface area contributed by atoms with Gasteiger partial charge in [0.05, 0.1) is 12.8 Å². The Morgan fingerprint density at radius 3 is 2.30 bits per heavy atom. The molecule has 0 unspecified atom stereocenters. The van der Waals surface area contributed by atoms with E-state index in [2.05, 4.69) is 15.5 Å². The fourth-order valence-electron chi connectivity index (χ4n) is 3.12. The molecular formula is C21H28IN5O3. The van der Waals surface area contributed by atoms with E-state index in [4.69, 9.17) is 9.41 Å². The molecule has 1 fully saturated rings. The smallest absolute Gasteiger partial charge is 0.291 e. The zero-order valence-electron chi connectivity index (χ0n) is 17.3. The molecular weight excluding hydrogens is 497 g/mol. The summed E-state index contributed by atoms with van der Waals surface area (Å²) in [7, 11) is 0. The van der Waals surface area contributed by atoms with Crippen LogP contribution in [0.25, 0.3) is 0 Å². The maximum Gasteiger partial charge on any atom is 0.291 e. The first-order valence-corrected chi connectivity index (χ1v) is 9.79. The third-order valence-corrected chi connectivity index (χ3v) is 4.73. The van der Waals surface area contributed by atoms with Gasteiger partial charge in [0.25, 0.3) is 5.91 Å². The summed E-state index contributed by atoms with van der Waals surface area (Å²) in [4.78, 5) is 32.3. The highest BCUT2D eigenvalue weighted by atomic mass is 127. The van der Waals surface area contributed by atoms with Crippen molar-refractivity contribution in [2.24, 2.45) is 4.99 Å². The number of nitrogens with one attached hydrogen (secondary N) is 2. The van der Waals surface area contributed by atoms with Crippen molar-refractivity contribution in [2.45, 2.75) is 20.4 Å². The van der Waals surface area contributed by atoms with E-state index < -0.39 is 0 Å². The number of hydrogen-bond acceptors (Lipinski definition) is 4. The number of carbonyl (C=O) groups excluding carboxylic acids is 2. The number of carbonyl (C=O) groups is 2. The van der Waals surface area contributed by atoms with Gasteiger partial charge >= 0.3 is 0 Å². The number of halogens is 1. The van der Waals surface area contributed by atoms with Crippen molar-refractivity contribution in [3.63, 3.8) is 0 Å². The molecule has 0 radical (unpaired) electrons. The normalized spacial score (nSPS) is 14.1. The topological polar surface area (TPSA) is 90.2 Å². The SMILES string of the molecule is CCNC(=NCc1ccc(NC(=O)c2ccco2)cc1)N1CCN(C(C)=O)CC1.I. The maximum absolute atomic E-state index is 12.0. The number of hydrogen-bond donors (Lipinski definition) is 2. The van der Waals surface area contributed by atoms with Crippen LogP contribution in [-0.4, -0.2) is 60.3 Å². The lowest BCUT2D eigenvalue weighted by Crippen LogP contribution is -2.53. The first-order chi connectivity index (χ1) is 14.1. The van der Waals surface area contributed by atoms with Crippen molar-refractivity contribution in [2.75, 3.05) is 38.0 Å². The van der Waals surface area contributed by atoms with Crippen molar-refractivity contribution < 1.29 is 14.0 Å². The Labute approximate surface area is 193 Å². The number of guanidine groups is 1. The fraction of sp³-hybridized carbons (Fsp3) is 0.381. The average molecular weight is 525 g/mol. The zero-order valence-corrected chi connectivity index (χ0v) is 19.6. The molecule has 0 spiro atoms. The van der Waals surface area contributed by atoms with Crippen LogP contribution in [0.2, 0.25) is 0 Å². The summed E-state index contributed by atoms with van der Waals surface area (Å²) in [6, 6.07) is 10.9. The number of furan rings is 1. The number of nitrogens with zero attached hydrogens (tertiary/aromatic N) is 3. The van der Waals surface area contributed by atoms with E-state index in [0.29, 0.717) is 25.3 Å². The van der Waals surface area contributed by atoms with Gasteiger partial charge in [0, 0.05) is 45.3 Å². The van der Waals surface area contributed by atoms with E-state index in [0.717, 1.165) is 31.2 Å². The van der Waals surface area contributed by atoms with Crippen molar-refractivity contribution in [1.82, 2.24) is 15.1 Å². The highest BCUT2D eigenvalue weighted by Gasteiger charge is 2.20. The van der Waals surface area contributed by atoms with Gasteiger partial charge in [0.15, 0.2) is 11.7 Å². The van der Waals surface area contributed by atoms with Gasteiger partial charge in [-0.05, 0) is 36.8 Å². The maximum atomic E-state index is 12.0. The van der Waals surface area contributed by atoms with Crippen LogP contribution in [0.3, 0.4) is 0 Å². The Bertz CT molecular complexity index is 844. The Morgan fingerprint density at radius 1 is 1.07 bits per heavy atom. The molecule has 0 bridgehead atoms. The van der Waals surface area contributed by atoms with Crippen LogP contribution in [0.5, 0.6) is 0 Å². The van der Waals surface area contributed by atoms with E-state index in [-0.39, 0.29) is 41.6 Å². The third kappa shape index (κ3) is 6.48. The zero-order chi connectivity index (χ0) is 20.6. The lowest BCUT2D eigenvalue weighted by molar-refractivity contribution is -0.130. The van der Waals surface area contributed by atoms with E-state index in [1.54, 1.807) is 19.1 Å². The Balaban J connectivity index is 0.00000320. The largest absolute Gasteiger partial charge is 0.459 e. The Morgan fingerprint density at radius 2 is 1.73 bits per heavy atom.